The highest BCUT2D eigenvalue weighted by molar-refractivity contribution is 6.30. The predicted molar refractivity (Wildman–Crippen MR) is 66.5 cm³/mol. The molecule has 0 bridgehead atoms. The van der Waals surface area contributed by atoms with Crippen molar-refractivity contribution in [3.05, 3.63) is 34.6 Å². The molecule has 1 fully saturated rings. The van der Waals surface area contributed by atoms with Crippen LogP contribution in [0.1, 0.15) is 25.3 Å². The van der Waals surface area contributed by atoms with E-state index in [9.17, 15) is 9.50 Å². The number of rotatable bonds is 2. The monoisotopic (exact) mass is 257 g/mol. The third-order valence-electron chi connectivity index (χ3n) is 3.14. The van der Waals surface area contributed by atoms with Gasteiger partial charge in [0, 0.05) is 13.1 Å². The van der Waals surface area contributed by atoms with E-state index in [0.717, 1.165) is 24.9 Å². The number of β-amino-alcohol motifs (C(OH)–C–C–N with tert-alkyl or cyclic N) is 1. The van der Waals surface area contributed by atoms with Crippen molar-refractivity contribution < 1.29 is 9.50 Å². The highest BCUT2D eigenvalue weighted by Crippen LogP contribution is 2.23. The van der Waals surface area contributed by atoms with Gasteiger partial charge in [-0.2, -0.15) is 0 Å². The first-order chi connectivity index (χ1) is 7.96. The Labute approximate surface area is 106 Å². The van der Waals surface area contributed by atoms with Gasteiger partial charge < -0.3 is 5.11 Å². The second kappa shape index (κ2) is 4.92. The minimum Gasteiger partial charge on any atom is -0.389 e. The number of nitrogens with zero attached hydrogens (tertiary/aromatic N) is 1. The van der Waals surface area contributed by atoms with Gasteiger partial charge in [0.1, 0.15) is 5.82 Å². The van der Waals surface area contributed by atoms with E-state index >= 15 is 0 Å². The van der Waals surface area contributed by atoms with E-state index in [1.807, 2.05) is 6.92 Å². The third-order valence-corrected chi connectivity index (χ3v) is 3.43. The van der Waals surface area contributed by atoms with Crippen LogP contribution in [0.3, 0.4) is 0 Å². The summed E-state index contributed by atoms with van der Waals surface area (Å²) in [6.07, 6.45) is 1.83. The van der Waals surface area contributed by atoms with Gasteiger partial charge in [-0.25, -0.2) is 4.39 Å². The Morgan fingerprint density at radius 3 is 2.94 bits per heavy atom. The zero-order valence-electron chi connectivity index (χ0n) is 9.92. The maximum absolute atomic E-state index is 13.0. The van der Waals surface area contributed by atoms with E-state index in [1.54, 1.807) is 12.1 Å². The Balaban J connectivity index is 2.03. The first-order valence-corrected chi connectivity index (χ1v) is 6.23. The molecule has 2 rings (SSSR count). The summed E-state index contributed by atoms with van der Waals surface area (Å²) in [6.45, 7) is 4.18. The first kappa shape index (κ1) is 12.8. The quantitative estimate of drug-likeness (QED) is 0.881. The van der Waals surface area contributed by atoms with Crippen LogP contribution in [0.2, 0.25) is 5.02 Å². The molecule has 1 unspecified atom stereocenters. The fourth-order valence-electron chi connectivity index (χ4n) is 2.35. The minimum absolute atomic E-state index is 0.159. The van der Waals surface area contributed by atoms with Crippen LogP contribution in [-0.2, 0) is 6.54 Å². The van der Waals surface area contributed by atoms with Crippen LogP contribution >= 0.6 is 11.6 Å². The maximum Gasteiger partial charge on any atom is 0.141 e. The molecule has 0 aromatic heterocycles. The van der Waals surface area contributed by atoms with Crippen LogP contribution in [0.15, 0.2) is 18.2 Å². The largest absolute Gasteiger partial charge is 0.389 e. The molecule has 17 heavy (non-hydrogen) atoms. The van der Waals surface area contributed by atoms with Gasteiger partial charge in [0.2, 0.25) is 0 Å². The average Bonchev–Trinajstić information content (AvgIpc) is 2.22. The minimum atomic E-state index is -0.609. The molecule has 1 aliphatic rings. The summed E-state index contributed by atoms with van der Waals surface area (Å²) in [6, 6.07) is 4.78. The Hall–Kier alpha value is -0.640. The molecular weight excluding hydrogens is 241 g/mol. The number of hydrogen-bond donors (Lipinski definition) is 1. The average molecular weight is 258 g/mol. The van der Waals surface area contributed by atoms with Crippen LogP contribution in [0.5, 0.6) is 0 Å². The van der Waals surface area contributed by atoms with Gasteiger partial charge >= 0.3 is 0 Å². The molecule has 1 saturated heterocycles. The Morgan fingerprint density at radius 2 is 2.29 bits per heavy atom. The van der Waals surface area contributed by atoms with Crippen LogP contribution < -0.4 is 0 Å². The van der Waals surface area contributed by atoms with Gasteiger partial charge in [-0.15, -0.1) is 0 Å². The summed E-state index contributed by atoms with van der Waals surface area (Å²) in [5.74, 6) is -0.388. The number of hydrogen-bond acceptors (Lipinski definition) is 2. The highest BCUT2D eigenvalue weighted by Gasteiger charge is 2.28. The molecule has 1 heterocycles. The Morgan fingerprint density at radius 1 is 1.53 bits per heavy atom. The fourth-order valence-corrected chi connectivity index (χ4v) is 2.56. The van der Waals surface area contributed by atoms with Crippen molar-refractivity contribution >= 4 is 11.6 Å². The van der Waals surface area contributed by atoms with Gasteiger partial charge in [0.15, 0.2) is 0 Å². The molecule has 94 valence electrons. The maximum atomic E-state index is 13.0. The first-order valence-electron chi connectivity index (χ1n) is 5.85. The van der Waals surface area contributed by atoms with Gasteiger partial charge in [-0.1, -0.05) is 17.7 Å². The number of likely N-dealkylation sites (tertiary alicyclic amines) is 1. The van der Waals surface area contributed by atoms with Crippen molar-refractivity contribution in [2.75, 3.05) is 13.1 Å². The van der Waals surface area contributed by atoms with E-state index in [2.05, 4.69) is 4.90 Å². The SMILES string of the molecule is CC1(O)CCCN(Cc2ccc(F)c(Cl)c2)C1. The summed E-state index contributed by atoms with van der Waals surface area (Å²) < 4.78 is 13.0. The lowest BCUT2D eigenvalue weighted by Gasteiger charge is -2.36. The number of aliphatic hydroxyl groups is 1. The lowest BCUT2D eigenvalue weighted by Crippen LogP contribution is -2.45. The van der Waals surface area contributed by atoms with Gasteiger partial charge in [0.05, 0.1) is 10.6 Å². The molecule has 1 aromatic carbocycles. The van der Waals surface area contributed by atoms with Gasteiger partial charge in [-0.3, -0.25) is 4.90 Å². The van der Waals surface area contributed by atoms with Crippen molar-refractivity contribution in [3.63, 3.8) is 0 Å². The van der Waals surface area contributed by atoms with Crippen molar-refractivity contribution in [2.24, 2.45) is 0 Å². The topological polar surface area (TPSA) is 23.5 Å². The smallest absolute Gasteiger partial charge is 0.141 e. The zero-order chi connectivity index (χ0) is 12.5. The highest BCUT2D eigenvalue weighted by atomic mass is 35.5. The molecule has 0 radical (unpaired) electrons. The standard InChI is InChI=1S/C13H17ClFNO/c1-13(17)5-2-6-16(9-13)8-10-3-4-12(15)11(14)7-10/h3-4,7,17H,2,5-6,8-9H2,1H3. The van der Waals surface area contributed by atoms with Crippen LogP contribution in [0.4, 0.5) is 4.39 Å². The van der Waals surface area contributed by atoms with Gasteiger partial charge in [-0.05, 0) is 44.0 Å². The molecule has 0 amide bonds. The second-order valence-electron chi connectivity index (χ2n) is 5.06. The van der Waals surface area contributed by atoms with Crippen molar-refractivity contribution in [1.29, 1.82) is 0 Å². The molecule has 0 spiro atoms. The molecule has 0 saturated carbocycles. The molecule has 2 nitrogen and oxygen atoms in total. The summed E-state index contributed by atoms with van der Waals surface area (Å²) >= 11 is 5.74. The summed E-state index contributed by atoms with van der Waals surface area (Å²) in [4.78, 5) is 2.17. The van der Waals surface area contributed by atoms with E-state index in [1.165, 1.54) is 6.07 Å². The Kier molecular flexibility index (Phi) is 3.71. The van der Waals surface area contributed by atoms with E-state index < -0.39 is 5.60 Å². The number of benzene rings is 1. The summed E-state index contributed by atoms with van der Waals surface area (Å²) in [5, 5.41) is 10.2. The van der Waals surface area contributed by atoms with E-state index in [0.29, 0.717) is 13.1 Å². The van der Waals surface area contributed by atoms with Crippen LogP contribution in [-0.4, -0.2) is 28.7 Å². The third kappa shape index (κ3) is 3.41. The molecule has 1 aromatic rings. The molecule has 4 heteroatoms. The fraction of sp³-hybridized carbons (Fsp3) is 0.538. The van der Waals surface area contributed by atoms with Crippen LogP contribution in [0, 0.1) is 5.82 Å². The molecule has 1 aliphatic heterocycles. The zero-order valence-corrected chi connectivity index (χ0v) is 10.7. The van der Waals surface area contributed by atoms with E-state index in [-0.39, 0.29) is 10.8 Å². The molecular formula is C13H17ClFNO. The normalized spacial score (nSPS) is 26.1. The lowest BCUT2D eigenvalue weighted by molar-refractivity contribution is -0.0181. The molecule has 1 N–H and O–H groups in total. The van der Waals surface area contributed by atoms with E-state index in [4.69, 9.17) is 11.6 Å². The molecule has 1 atom stereocenters. The second-order valence-corrected chi connectivity index (χ2v) is 5.47. The predicted octanol–water partition coefficient (Wildman–Crippen LogP) is 2.83. The molecule has 0 aliphatic carbocycles. The lowest BCUT2D eigenvalue weighted by atomic mass is 9.95. The van der Waals surface area contributed by atoms with Crippen molar-refractivity contribution in [1.82, 2.24) is 4.90 Å². The van der Waals surface area contributed by atoms with Gasteiger partial charge in [0.25, 0.3) is 0 Å². The van der Waals surface area contributed by atoms with Crippen molar-refractivity contribution in [2.45, 2.75) is 31.9 Å². The number of halogens is 2. The summed E-state index contributed by atoms with van der Waals surface area (Å²) in [5.41, 5.74) is 0.372. The van der Waals surface area contributed by atoms with Crippen molar-refractivity contribution in [3.8, 4) is 0 Å². The Bertz CT molecular complexity index is 408. The van der Waals surface area contributed by atoms with Crippen LogP contribution in [0.25, 0.3) is 0 Å². The summed E-state index contributed by atoms with van der Waals surface area (Å²) in [7, 11) is 0. The number of piperidine rings is 1.